The predicted molar refractivity (Wildman–Crippen MR) is 81.2 cm³/mol. The van der Waals surface area contributed by atoms with Gasteiger partial charge in [-0.2, -0.15) is 0 Å². The maximum absolute atomic E-state index is 11.5. The molecular weight excluding hydrogens is 272 g/mol. The molecule has 0 unspecified atom stereocenters. The Hall–Kier alpha value is -2.01. The van der Waals surface area contributed by atoms with Crippen LogP contribution >= 0.6 is 11.3 Å². The third-order valence-corrected chi connectivity index (χ3v) is 3.53. The van der Waals surface area contributed by atoms with Gasteiger partial charge in [-0.3, -0.25) is 0 Å². The minimum Gasteiger partial charge on any atom is -0.492 e. The number of hydrogen-bond donors (Lipinski definition) is 2. The summed E-state index contributed by atoms with van der Waals surface area (Å²) in [4.78, 5) is 12.7. The van der Waals surface area contributed by atoms with Gasteiger partial charge in [-0.05, 0) is 36.1 Å². The Morgan fingerprint density at radius 3 is 2.90 bits per heavy atom. The van der Waals surface area contributed by atoms with Gasteiger partial charge >= 0.3 is 6.03 Å². The van der Waals surface area contributed by atoms with Gasteiger partial charge in [-0.1, -0.05) is 18.2 Å². The Labute approximate surface area is 122 Å². The molecule has 0 aliphatic heterocycles. The SMILES string of the molecule is Cc1cccc(OCCNC(=O)NCc2cccs2)c1. The van der Waals surface area contributed by atoms with Gasteiger partial charge in [0.15, 0.2) is 0 Å². The van der Waals surface area contributed by atoms with Crippen molar-refractivity contribution in [2.24, 2.45) is 0 Å². The molecule has 2 N–H and O–H groups in total. The lowest BCUT2D eigenvalue weighted by atomic mass is 10.2. The first-order valence-corrected chi connectivity index (χ1v) is 7.35. The summed E-state index contributed by atoms with van der Waals surface area (Å²) in [7, 11) is 0. The summed E-state index contributed by atoms with van der Waals surface area (Å²) >= 11 is 1.62. The van der Waals surface area contributed by atoms with E-state index < -0.39 is 0 Å². The zero-order chi connectivity index (χ0) is 14.2. The summed E-state index contributed by atoms with van der Waals surface area (Å²) in [5.74, 6) is 0.825. The largest absolute Gasteiger partial charge is 0.492 e. The van der Waals surface area contributed by atoms with Crippen molar-refractivity contribution in [3.63, 3.8) is 0 Å². The fourth-order valence-electron chi connectivity index (χ4n) is 1.68. The van der Waals surface area contributed by atoms with Gasteiger partial charge in [0.2, 0.25) is 0 Å². The standard InChI is InChI=1S/C15H18N2O2S/c1-12-4-2-5-13(10-12)19-8-7-16-15(18)17-11-14-6-3-9-20-14/h2-6,9-10H,7-8,11H2,1H3,(H2,16,17,18). The molecule has 0 fully saturated rings. The molecule has 106 valence electrons. The fraction of sp³-hybridized carbons (Fsp3) is 0.267. The van der Waals surface area contributed by atoms with E-state index in [0.717, 1.165) is 16.2 Å². The van der Waals surface area contributed by atoms with E-state index in [1.165, 1.54) is 0 Å². The minimum absolute atomic E-state index is 0.175. The maximum atomic E-state index is 11.5. The quantitative estimate of drug-likeness (QED) is 0.804. The summed E-state index contributed by atoms with van der Waals surface area (Å²) in [5.41, 5.74) is 1.16. The fourth-order valence-corrected chi connectivity index (χ4v) is 2.33. The molecule has 0 aliphatic rings. The Balaban J connectivity index is 1.59. The second-order valence-corrected chi connectivity index (χ2v) is 5.39. The van der Waals surface area contributed by atoms with E-state index in [1.54, 1.807) is 11.3 Å². The molecule has 2 amide bonds. The Morgan fingerprint density at radius 2 is 2.15 bits per heavy atom. The second-order valence-electron chi connectivity index (χ2n) is 4.35. The van der Waals surface area contributed by atoms with Crippen molar-refractivity contribution in [3.05, 3.63) is 52.2 Å². The van der Waals surface area contributed by atoms with Gasteiger partial charge in [0.1, 0.15) is 12.4 Å². The van der Waals surface area contributed by atoms with Crippen LogP contribution in [0.1, 0.15) is 10.4 Å². The molecule has 4 nitrogen and oxygen atoms in total. The normalized spacial score (nSPS) is 10.1. The van der Waals surface area contributed by atoms with Crippen molar-refractivity contribution in [2.45, 2.75) is 13.5 Å². The highest BCUT2D eigenvalue weighted by atomic mass is 32.1. The summed E-state index contributed by atoms with van der Waals surface area (Å²) in [6.07, 6.45) is 0. The highest BCUT2D eigenvalue weighted by molar-refractivity contribution is 7.09. The van der Waals surface area contributed by atoms with Crippen LogP contribution in [0.5, 0.6) is 5.75 Å². The second kappa shape index (κ2) is 7.55. The molecule has 2 aromatic rings. The third-order valence-electron chi connectivity index (χ3n) is 2.65. The molecule has 0 saturated heterocycles. The molecule has 1 aromatic heterocycles. The first kappa shape index (κ1) is 14.4. The van der Waals surface area contributed by atoms with Crippen molar-refractivity contribution in [1.29, 1.82) is 0 Å². The zero-order valence-electron chi connectivity index (χ0n) is 11.4. The van der Waals surface area contributed by atoms with Gasteiger partial charge in [0.05, 0.1) is 13.1 Å². The number of nitrogens with one attached hydrogen (secondary N) is 2. The van der Waals surface area contributed by atoms with Gasteiger partial charge in [0.25, 0.3) is 0 Å². The van der Waals surface area contributed by atoms with Crippen LogP contribution in [-0.2, 0) is 6.54 Å². The molecule has 20 heavy (non-hydrogen) atoms. The zero-order valence-corrected chi connectivity index (χ0v) is 12.2. The number of hydrogen-bond acceptors (Lipinski definition) is 3. The summed E-state index contributed by atoms with van der Waals surface area (Å²) in [6.45, 7) is 3.51. The monoisotopic (exact) mass is 290 g/mol. The van der Waals surface area contributed by atoms with E-state index in [0.29, 0.717) is 19.7 Å². The van der Waals surface area contributed by atoms with Gasteiger partial charge in [-0.15, -0.1) is 11.3 Å². The molecule has 0 saturated carbocycles. The van der Waals surface area contributed by atoms with Gasteiger partial charge < -0.3 is 15.4 Å². The van der Waals surface area contributed by atoms with Crippen LogP contribution in [0.15, 0.2) is 41.8 Å². The highest BCUT2D eigenvalue weighted by Gasteiger charge is 2.00. The smallest absolute Gasteiger partial charge is 0.315 e. The van der Waals surface area contributed by atoms with Crippen LogP contribution in [0, 0.1) is 6.92 Å². The van der Waals surface area contributed by atoms with Crippen molar-refractivity contribution in [2.75, 3.05) is 13.2 Å². The lowest BCUT2D eigenvalue weighted by Crippen LogP contribution is -2.37. The van der Waals surface area contributed by atoms with Crippen molar-refractivity contribution >= 4 is 17.4 Å². The Morgan fingerprint density at radius 1 is 1.25 bits per heavy atom. The molecule has 2 rings (SSSR count). The average molecular weight is 290 g/mol. The minimum atomic E-state index is -0.175. The number of carbonyl (C=O) groups excluding carboxylic acids is 1. The maximum Gasteiger partial charge on any atom is 0.315 e. The van der Waals surface area contributed by atoms with E-state index in [2.05, 4.69) is 10.6 Å². The Kier molecular flexibility index (Phi) is 5.43. The van der Waals surface area contributed by atoms with E-state index in [1.807, 2.05) is 48.7 Å². The van der Waals surface area contributed by atoms with Crippen molar-refractivity contribution < 1.29 is 9.53 Å². The number of rotatable bonds is 6. The van der Waals surface area contributed by atoms with Crippen molar-refractivity contribution in [1.82, 2.24) is 10.6 Å². The molecule has 0 aliphatic carbocycles. The molecule has 0 spiro atoms. The van der Waals surface area contributed by atoms with Crippen molar-refractivity contribution in [3.8, 4) is 5.75 Å². The van der Waals surface area contributed by atoms with Crippen LogP contribution in [0.2, 0.25) is 0 Å². The molecule has 0 radical (unpaired) electrons. The molecule has 1 heterocycles. The Bertz CT molecular complexity index is 541. The topological polar surface area (TPSA) is 50.4 Å². The third kappa shape index (κ3) is 4.93. The summed E-state index contributed by atoms with van der Waals surface area (Å²) < 4.78 is 5.55. The highest BCUT2D eigenvalue weighted by Crippen LogP contribution is 2.11. The van der Waals surface area contributed by atoms with Crippen LogP contribution < -0.4 is 15.4 Å². The van der Waals surface area contributed by atoms with Gasteiger partial charge in [0, 0.05) is 4.88 Å². The molecule has 0 atom stereocenters. The summed E-state index contributed by atoms with van der Waals surface area (Å²) in [5, 5.41) is 7.55. The number of carbonyl (C=O) groups is 1. The van der Waals surface area contributed by atoms with Crippen LogP contribution in [-0.4, -0.2) is 19.2 Å². The van der Waals surface area contributed by atoms with Gasteiger partial charge in [-0.25, -0.2) is 4.79 Å². The number of aryl methyl sites for hydroxylation is 1. The van der Waals surface area contributed by atoms with Crippen LogP contribution in [0.3, 0.4) is 0 Å². The molecule has 1 aromatic carbocycles. The van der Waals surface area contributed by atoms with E-state index in [9.17, 15) is 4.79 Å². The lowest BCUT2D eigenvalue weighted by Gasteiger charge is -2.09. The lowest BCUT2D eigenvalue weighted by molar-refractivity contribution is 0.236. The first-order valence-electron chi connectivity index (χ1n) is 6.47. The predicted octanol–water partition coefficient (Wildman–Crippen LogP) is 2.93. The van der Waals surface area contributed by atoms with Crippen LogP contribution in [0.25, 0.3) is 0 Å². The molecule has 5 heteroatoms. The number of benzene rings is 1. The van der Waals surface area contributed by atoms with Crippen LogP contribution in [0.4, 0.5) is 4.79 Å². The number of ether oxygens (including phenoxy) is 1. The summed E-state index contributed by atoms with van der Waals surface area (Å²) in [6, 6.07) is 11.6. The number of amides is 2. The number of urea groups is 1. The molecular formula is C15H18N2O2S. The van der Waals surface area contributed by atoms with E-state index in [4.69, 9.17) is 4.74 Å². The van der Waals surface area contributed by atoms with E-state index in [-0.39, 0.29) is 6.03 Å². The number of thiophene rings is 1. The average Bonchev–Trinajstić information content (AvgIpc) is 2.95. The first-order chi connectivity index (χ1) is 9.74. The van der Waals surface area contributed by atoms with E-state index >= 15 is 0 Å². The molecule has 0 bridgehead atoms.